The van der Waals surface area contributed by atoms with Crippen LogP contribution in [0.25, 0.3) is 0 Å². The third-order valence-corrected chi connectivity index (χ3v) is 0.846. The second-order valence-corrected chi connectivity index (χ2v) is 2.29. The quantitative estimate of drug-likeness (QED) is 0.316. The molecule has 0 aromatic heterocycles. The molecule has 5 heteroatoms. The van der Waals surface area contributed by atoms with Crippen molar-refractivity contribution < 1.29 is 9.53 Å². The van der Waals surface area contributed by atoms with Crippen LogP contribution < -0.4 is 5.73 Å². The summed E-state index contributed by atoms with van der Waals surface area (Å²) in [6.45, 7) is 3.88. The zero-order valence-electron chi connectivity index (χ0n) is 7.84. The van der Waals surface area contributed by atoms with Crippen LogP contribution in [0.3, 0.4) is 0 Å². The Labute approximate surface area is 83.2 Å². The largest absolute Gasteiger partial charge is 0.462 e. The van der Waals surface area contributed by atoms with Gasteiger partial charge in [-0.05, 0) is 6.92 Å². The van der Waals surface area contributed by atoms with Crippen LogP contribution >= 0.6 is 11.6 Å². The number of esters is 1. The van der Waals surface area contributed by atoms with Gasteiger partial charge in [0, 0.05) is 18.3 Å². The van der Waals surface area contributed by atoms with Crippen molar-refractivity contribution in [2.45, 2.75) is 13.8 Å². The van der Waals surface area contributed by atoms with Crippen molar-refractivity contribution >= 4 is 23.8 Å². The summed E-state index contributed by atoms with van der Waals surface area (Å²) in [6, 6.07) is 0. The molecule has 0 saturated carbocycles. The molecule has 0 fully saturated rings. The molecule has 0 bridgehead atoms. The van der Waals surface area contributed by atoms with E-state index < -0.39 is 5.97 Å². The smallest absolute Gasteiger partial charge is 0.341 e. The number of carbonyl (C=O) groups is 1. The van der Waals surface area contributed by atoms with E-state index in [0.29, 0.717) is 6.61 Å². The lowest BCUT2D eigenvalue weighted by molar-refractivity contribution is -0.137. The van der Waals surface area contributed by atoms with E-state index in [1.807, 2.05) is 6.92 Å². The van der Waals surface area contributed by atoms with Gasteiger partial charge in [-0.25, -0.2) is 4.79 Å². The Morgan fingerprint density at radius 1 is 1.62 bits per heavy atom. The summed E-state index contributed by atoms with van der Waals surface area (Å²) in [6.07, 6.45) is 1.91. The molecule has 0 aliphatic heterocycles. The van der Waals surface area contributed by atoms with Crippen molar-refractivity contribution in [3.63, 3.8) is 0 Å². The molecule has 4 nitrogen and oxygen atoms in total. The van der Waals surface area contributed by atoms with Crippen LogP contribution in [0, 0.1) is 5.41 Å². The maximum absolute atomic E-state index is 10.7. The molecule has 0 aliphatic carbocycles. The Hall–Kier alpha value is -1.03. The van der Waals surface area contributed by atoms with E-state index in [-0.39, 0.29) is 5.57 Å². The molecule has 0 spiro atoms. The summed E-state index contributed by atoms with van der Waals surface area (Å²) in [7, 11) is 0. The van der Waals surface area contributed by atoms with Crippen LogP contribution in [-0.2, 0) is 9.53 Å². The zero-order valence-corrected chi connectivity index (χ0v) is 8.60. The number of nitrogens with two attached hydrogens (primary N) is 1. The molecule has 13 heavy (non-hydrogen) atoms. The van der Waals surface area contributed by atoms with Gasteiger partial charge in [-0.3, -0.25) is 0 Å². The highest BCUT2D eigenvalue weighted by molar-refractivity contribution is 6.17. The lowest BCUT2D eigenvalue weighted by Crippen LogP contribution is -2.09. The summed E-state index contributed by atoms with van der Waals surface area (Å²) >= 11 is 5.00. The van der Waals surface area contributed by atoms with Gasteiger partial charge in [0.25, 0.3) is 0 Å². The van der Waals surface area contributed by atoms with Crippen molar-refractivity contribution in [2.24, 2.45) is 5.73 Å². The van der Waals surface area contributed by atoms with Gasteiger partial charge in [0.15, 0.2) is 0 Å². The van der Waals surface area contributed by atoms with Gasteiger partial charge in [-0.1, -0.05) is 6.92 Å². The Balaban J connectivity index is 0. The summed E-state index contributed by atoms with van der Waals surface area (Å²) in [4.78, 5) is 10.7. The van der Waals surface area contributed by atoms with Crippen LogP contribution in [0.2, 0.25) is 0 Å². The minimum atomic E-state index is -0.556. The molecule has 0 radical (unpaired) electrons. The molecule has 0 saturated heterocycles. The fourth-order valence-corrected chi connectivity index (χ4v) is 0.390. The van der Waals surface area contributed by atoms with E-state index in [2.05, 4.69) is 4.74 Å². The molecule has 3 N–H and O–H groups in total. The second kappa shape index (κ2) is 11.0. The second-order valence-electron chi connectivity index (χ2n) is 1.75. The van der Waals surface area contributed by atoms with Crippen LogP contribution in [0.4, 0.5) is 0 Å². The standard InChI is InChI=1S/C6H10N2O2.C2H5Cl/c1-2-10-6(9)5(3-7)4-8;1-2-3/h3-4,7H,2,8H2,1H3;2H2,1H3/b5-4+,7-3?;. The fourth-order valence-electron chi connectivity index (χ4n) is 0.390. The highest BCUT2D eigenvalue weighted by Crippen LogP contribution is 1.90. The lowest BCUT2D eigenvalue weighted by Gasteiger charge is -1.98. The van der Waals surface area contributed by atoms with Gasteiger partial charge < -0.3 is 15.9 Å². The normalized spacial score (nSPS) is 9.62. The molecular formula is C8H15ClN2O2. The maximum atomic E-state index is 10.7. The molecule has 0 rings (SSSR count). The van der Waals surface area contributed by atoms with Crippen LogP contribution in [0.15, 0.2) is 11.8 Å². The van der Waals surface area contributed by atoms with Crippen molar-refractivity contribution in [1.29, 1.82) is 5.41 Å². The number of hydrogen-bond acceptors (Lipinski definition) is 4. The maximum Gasteiger partial charge on any atom is 0.341 e. The van der Waals surface area contributed by atoms with E-state index in [0.717, 1.165) is 18.3 Å². The molecule has 0 aromatic carbocycles. The van der Waals surface area contributed by atoms with Crippen molar-refractivity contribution in [3.8, 4) is 0 Å². The van der Waals surface area contributed by atoms with Crippen molar-refractivity contribution in [2.75, 3.05) is 12.5 Å². The highest BCUT2D eigenvalue weighted by Gasteiger charge is 2.04. The number of carbonyl (C=O) groups excluding carboxylic acids is 1. The Bertz CT molecular complexity index is 181. The third-order valence-electron chi connectivity index (χ3n) is 0.846. The number of hydrogen-bond donors (Lipinski definition) is 2. The highest BCUT2D eigenvalue weighted by atomic mass is 35.5. The summed E-state index contributed by atoms with van der Waals surface area (Å²) in [5, 5.41) is 6.69. The molecule has 0 unspecified atom stereocenters. The number of ether oxygens (including phenoxy) is 1. The molecule has 0 heterocycles. The number of rotatable bonds is 3. The molecular weight excluding hydrogens is 192 g/mol. The van der Waals surface area contributed by atoms with Gasteiger partial charge in [0.1, 0.15) is 0 Å². The first-order chi connectivity index (χ1) is 6.17. The Morgan fingerprint density at radius 2 is 2.08 bits per heavy atom. The molecule has 0 aromatic rings. The molecule has 0 atom stereocenters. The van der Waals surface area contributed by atoms with Crippen LogP contribution in [0.1, 0.15) is 13.8 Å². The number of alkyl halides is 1. The zero-order chi connectivity index (χ0) is 10.7. The van der Waals surface area contributed by atoms with E-state index >= 15 is 0 Å². The van der Waals surface area contributed by atoms with E-state index in [1.165, 1.54) is 0 Å². The minimum Gasteiger partial charge on any atom is -0.462 e. The van der Waals surface area contributed by atoms with E-state index in [4.69, 9.17) is 22.7 Å². The fraction of sp³-hybridized carbons (Fsp3) is 0.500. The first-order valence-electron chi connectivity index (χ1n) is 3.83. The monoisotopic (exact) mass is 206 g/mol. The minimum absolute atomic E-state index is 0.0712. The van der Waals surface area contributed by atoms with Crippen molar-refractivity contribution in [3.05, 3.63) is 11.8 Å². The van der Waals surface area contributed by atoms with Gasteiger partial charge in [-0.2, -0.15) is 0 Å². The van der Waals surface area contributed by atoms with Crippen LogP contribution in [0.5, 0.6) is 0 Å². The summed E-state index contributed by atoms with van der Waals surface area (Å²) in [5.74, 6) is 0.167. The summed E-state index contributed by atoms with van der Waals surface area (Å²) in [5.41, 5.74) is 5.07. The van der Waals surface area contributed by atoms with Crippen LogP contribution in [-0.4, -0.2) is 24.7 Å². The molecule has 0 amide bonds. The number of halogens is 1. The van der Waals surface area contributed by atoms with Gasteiger partial charge >= 0.3 is 5.97 Å². The third kappa shape index (κ3) is 8.88. The van der Waals surface area contributed by atoms with Gasteiger partial charge in [0.2, 0.25) is 0 Å². The molecule has 76 valence electrons. The van der Waals surface area contributed by atoms with Gasteiger partial charge in [0.05, 0.1) is 12.2 Å². The predicted molar refractivity (Wildman–Crippen MR) is 54.1 cm³/mol. The van der Waals surface area contributed by atoms with Gasteiger partial charge in [-0.15, -0.1) is 11.6 Å². The first-order valence-corrected chi connectivity index (χ1v) is 4.36. The predicted octanol–water partition coefficient (Wildman–Crippen LogP) is 1.29. The Kier molecular flexibility index (Phi) is 12.2. The Morgan fingerprint density at radius 3 is 2.31 bits per heavy atom. The van der Waals surface area contributed by atoms with E-state index in [9.17, 15) is 4.79 Å². The van der Waals surface area contributed by atoms with E-state index in [1.54, 1.807) is 6.92 Å². The number of nitrogens with one attached hydrogen (secondary N) is 1. The summed E-state index contributed by atoms with van der Waals surface area (Å²) < 4.78 is 4.55. The average Bonchev–Trinajstić information content (AvgIpc) is 2.08. The average molecular weight is 207 g/mol. The SMILES string of the molecule is CCCl.CCOC(=O)/C(C=N)=C/N. The topological polar surface area (TPSA) is 76.2 Å². The molecule has 0 aliphatic rings. The first kappa shape index (κ1) is 14.5. The lowest BCUT2D eigenvalue weighted by atomic mass is 10.3. The van der Waals surface area contributed by atoms with Crippen molar-refractivity contribution in [1.82, 2.24) is 0 Å².